The smallest absolute Gasteiger partial charge is 0.289 e. The van der Waals surface area contributed by atoms with Gasteiger partial charge in [0, 0.05) is 58.0 Å². The molecule has 2 saturated heterocycles. The molecule has 0 saturated carbocycles. The van der Waals surface area contributed by atoms with Gasteiger partial charge in [0.25, 0.3) is 5.91 Å². The summed E-state index contributed by atoms with van der Waals surface area (Å²) in [5.74, 6) is 0.410. The van der Waals surface area contributed by atoms with Gasteiger partial charge in [-0.1, -0.05) is 12.1 Å². The van der Waals surface area contributed by atoms with Crippen LogP contribution < -0.4 is 4.90 Å². The van der Waals surface area contributed by atoms with Crippen molar-refractivity contribution in [2.45, 2.75) is 26.8 Å². The second kappa shape index (κ2) is 9.14. The lowest BCUT2D eigenvalue weighted by atomic mass is 10.1. The first-order chi connectivity index (χ1) is 15.0. The van der Waals surface area contributed by atoms with Crippen molar-refractivity contribution in [1.82, 2.24) is 14.7 Å². The van der Waals surface area contributed by atoms with Gasteiger partial charge in [0.1, 0.15) is 0 Å². The van der Waals surface area contributed by atoms with E-state index in [1.165, 1.54) is 23.1 Å². The standard InChI is InChI=1S/C24H32N4O3/c1-18-6-4-7-21(19(18)2)26-11-9-25(10-12-26)20(3)23(29)27-13-15-28(16-14-27)24(30)22-8-5-17-31-22/h4-8,17,20H,9-16H2,1-3H3. The Hall–Kier alpha value is -2.80. The van der Waals surface area contributed by atoms with Gasteiger partial charge in [0.05, 0.1) is 12.3 Å². The van der Waals surface area contributed by atoms with E-state index in [2.05, 4.69) is 41.8 Å². The Kier molecular flexibility index (Phi) is 6.32. The highest BCUT2D eigenvalue weighted by atomic mass is 16.3. The fourth-order valence-corrected chi connectivity index (χ4v) is 4.53. The molecule has 2 aromatic rings. The topological polar surface area (TPSA) is 60.2 Å². The maximum absolute atomic E-state index is 13.1. The number of benzene rings is 1. The number of hydrogen-bond acceptors (Lipinski definition) is 5. The zero-order valence-corrected chi connectivity index (χ0v) is 18.7. The molecule has 1 unspecified atom stereocenters. The molecule has 0 bridgehead atoms. The lowest BCUT2D eigenvalue weighted by molar-refractivity contribution is -0.138. The fraction of sp³-hybridized carbons (Fsp3) is 0.500. The van der Waals surface area contributed by atoms with E-state index in [0.717, 1.165) is 26.2 Å². The van der Waals surface area contributed by atoms with E-state index in [4.69, 9.17) is 4.42 Å². The van der Waals surface area contributed by atoms with Crippen LogP contribution in [0.2, 0.25) is 0 Å². The first-order valence-electron chi connectivity index (χ1n) is 11.1. The highest BCUT2D eigenvalue weighted by molar-refractivity contribution is 5.91. The molecule has 3 heterocycles. The number of carbonyl (C=O) groups is 2. The summed E-state index contributed by atoms with van der Waals surface area (Å²) in [5.41, 5.74) is 3.95. The average Bonchev–Trinajstić information content (AvgIpc) is 3.35. The summed E-state index contributed by atoms with van der Waals surface area (Å²) in [7, 11) is 0. The third-order valence-electron chi connectivity index (χ3n) is 6.75. The van der Waals surface area contributed by atoms with E-state index in [1.807, 2.05) is 11.8 Å². The van der Waals surface area contributed by atoms with Gasteiger partial charge in [0.15, 0.2) is 5.76 Å². The fourth-order valence-electron chi connectivity index (χ4n) is 4.53. The molecule has 4 rings (SSSR count). The molecule has 2 amide bonds. The monoisotopic (exact) mass is 424 g/mol. The Morgan fingerprint density at radius 2 is 1.55 bits per heavy atom. The third-order valence-corrected chi connectivity index (χ3v) is 6.75. The number of furan rings is 1. The molecule has 7 nitrogen and oxygen atoms in total. The van der Waals surface area contributed by atoms with Crippen LogP contribution in [0.4, 0.5) is 5.69 Å². The summed E-state index contributed by atoms with van der Waals surface area (Å²) in [5, 5.41) is 0. The second-order valence-corrected chi connectivity index (χ2v) is 8.51. The quantitative estimate of drug-likeness (QED) is 0.754. The third kappa shape index (κ3) is 4.46. The SMILES string of the molecule is Cc1cccc(N2CCN(C(C)C(=O)N3CCN(C(=O)c4ccco4)CC3)CC2)c1C. The Balaban J connectivity index is 1.28. The largest absolute Gasteiger partial charge is 0.459 e. The molecule has 31 heavy (non-hydrogen) atoms. The van der Waals surface area contributed by atoms with Gasteiger partial charge >= 0.3 is 0 Å². The van der Waals surface area contributed by atoms with Crippen LogP contribution >= 0.6 is 0 Å². The van der Waals surface area contributed by atoms with Crippen molar-refractivity contribution in [2.75, 3.05) is 57.3 Å². The first-order valence-corrected chi connectivity index (χ1v) is 11.1. The Morgan fingerprint density at radius 3 is 2.19 bits per heavy atom. The highest BCUT2D eigenvalue weighted by Crippen LogP contribution is 2.24. The van der Waals surface area contributed by atoms with Crippen LogP contribution in [0, 0.1) is 13.8 Å². The maximum atomic E-state index is 13.1. The van der Waals surface area contributed by atoms with Crippen LogP contribution in [0.1, 0.15) is 28.6 Å². The van der Waals surface area contributed by atoms with Gasteiger partial charge < -0.3 is 19.1 Å². The van der Waals surface area contributed by atoms with Crippen LogP contribution in [-0.4, -0.2) is 84.9 Å². The molecule has 0 spiro atoms. The van der Waals surface area contributed by atoms with Gasteiger partial charge in [-0.2, -0.15) is 0 Å². The number of aryl methyl sites for hydroxylation is 1. The molecule has 1 atom stereocenters. The molecule has 2 fully saturated rings. The molecular weight excluding hydrogens is 392 g/mol. The number of rotatable bonds is 4. The minimum atomic E-state index is -0.145. The van der Waals surface area contributed by atoms with Crippen molar-refractivity contribution in [1.29, 1.82) is 0 Å². The Labute approximate surface area is 184 Å². The lowest BCUT2D eigenvalue weighted by Crippen LogP contribution is -2.58. The summed E-state index contributed by atoms with van der Waals surface area (Å²) in [4.78, 5) is 33.9. The maximum Gasteiger partial charge on any atom is 0.289 e. The predicted octanol–water partition coefficient (Wildman–Crippen LogP) is 2.39. The minimum Gasteiger partial charge on any atom is -0.459 e. The molecule has 1 aromatic carbocycles. The number of carbonyl (C=O) groups excluding carboxylic acids is 2. The molecule has 166 valence electrons. The van der Waals surface area contributed by atoms with E-state index in [1.54, 1.807) is 17.0 Å². The van der Waals surface area contributed by atoms with Crippen molar-refractivity contribution in [2.24, 2.45) is 0 Å². The van der Waals surface area contributed by atoms with Crippen molar-refractivity contribution < 1.29 is 14.0 Å². The average molecular weight is 425 g/mol. The summed E-state index contributed by atoms with van der Waals surface area (Å²) >= 11 is 0. The van der Waals surface area contributed by atoms with E-state index in [9.17, 15) is 9.59 Å². The van der Waals surface area contributed by atoms with Crippen molar-refractivity contribution >= 4 is 17.5 Å². The summed E-state index contributed by atoms with van der Waals surface area (Å²) in [6.45, 7) is 12.1. The normalized spacial score (nSPS) is 18.9. The second-order valence-electron chi connectivity index (χ2n) is 8.51. The van der Waals surface area contributed by atoms with E-state index < -0.39 is 0 Å². The molecule has 2 aliphatic rings. The zero-order valence-electron chi connectivity index (χ0n) is 18.7. The van der Waals surface area contributed by atoms with Gasteiger partial charge in [-0.25, -0.2) is 0 Å². The molecule has 0 N–H and O–H groups in total. The van der Waals surface area contributed by atoms with E-state index in [-0.39, 0.29) is 17.9 Å². The van der Waals surface area contributed by atoms with Crippen LogP contribution in [0.15, 0.2) is 41.0 Å². The molecule has 0 radical (unpaired) electrons. The predicted molar refractivity (Wildman–Crippen MR) is 120 cm³/mol. The van der Waals surface area contributed by atoms with Crippen molar-refractivity contribution in [3.63, 3.8) is 0 Å². The summed E-state index contributed by atoms with van der Waals surface area (Å²) < 4.78 is 5.21. The van der Waals surface area contributed by atoms with E-state index in [0.29, 0.717) is 31.9 Å². The lowest BCUT2D eigenvalue weighted by Gasteiger charge is -2.41. The summed E-state index contributed by atoms with van der Waals surface area (Å²) in [6, 6.07) is 9.71. The van der Waals surface area contributed by atoms with Crippen LogP contribution in [0.25, 0.3) is 0 Å². The first kappa shape index (κ1) is 21.4. The molecule has 2 aliphatic heterocycles. The molecule has 7 heteroatoms. The number of amides is 2. The summed E-state index contributed by atoms with van der Waals surface area (Å²) in [6.07, 6.45) is 1.51. The van der Waals surface area contributed by atoms with Crippen LogP contribution in [0.5, 0.6) is 0 Å². The van der Waals surface area contributed by atoms with Crippen LogP contribution in [-0.2, 0) is 4.79 Å². The Bertz CT molecular complexity index is 911. The number of nitrogens with zero attached hydrogens (tertiary/aromatic N) is 4. The molecule has 0 aliphatic carbocycles. The number of anilines is 1. The van der Waals surface area contributed by atoms with Gasteiger partial charge in [-0.15, -0.1) is 0 Å². The Morgan fingerprint density at radius 1 is 0.871 bits per heavy atom. The highest BCUT2D eigenvalue weighted by Gasteiger charge is 2.32. The van der Waals surface area contributed by atoms with Crippen LogP contribution in [0.3, 0.4) is 0 Å². The minimum absolute atomic E-state index is 0.104. The number of hydrogen-bond donors (Lipinski definition) is 0. The molecule has 1 aromatic heterocycles. The van der Waals surface area contributed by atoms with Crippen molar-refractivity contribution in [3.8, 4) is 0 Å². The van der Waals surface area contributed by atoms with Gasteiger partial charge in [-0.3, -0.25) is 14.5 Å². The molecular formula is C24H32N4O3. The van der Waals surface area contributed by atoms with Gasteiger partial charge in [-0.05, 0) is 50.1 Å². The zero-order chi connectivity index (χ0) is 22.0. The van der Waals surface area contributed by atoms with Crippen molar-refractivity contribution in [3.05, 3.63) is 53.5 Å². The van der Waals surface area contributed by atoms with E-state index >= 15 is 0 Å². The number of piperazine rings is 2. The van der Waals surface area contributed by atoms with Gasteiger partial charge in [0.2, 0.25) is 5.91 Å².